The number of carbonyl (C=O) groups excluding carboxylic acids is 1. The summed E-state index contributed by atoms with van der Waals surface area (Å²) < 4.78 is 0. The van der Waals surface area contributed by atoms with Crippen molar-refractivity contribution < 1.29 is 4.79 Å². The van der Waals surface area contributed by atoms with Crippen LogP contribution in [0, 0.1) is 5.41 Å². The Morgan fingerprint density at radius 1 is 0.917 bits per heavy atom. The molecule has 3 heterocycles. The van der Waals surface area contributed by atoms with Gasteiger partial charge in [0.25, 0.3) is 0 Å². The molecule has 0 bridgehead atoms. The lowest BCUT2D eigenvalue weighted by Gasteiger charge is -2.53. The molecule has 0 aromatic heterocycles. The Bertz CT molecular complexity index is 905. The van der Waals surface area contributed by atoms with E-state index in [1.165, 1.54) is 16.4 Å². The minimum Gasteiger partial charge on any atom is -0.314 e. The molecule has 3 atom stereocenters. The Balaban J connectivity index is 1.93. The summed E-state index contributed by atoms with van der Waals surface area (Å²) in [6.45, 7) is 22.3. The van der Waals surface area contributed by atoms with E-state index in [9.17, 15) is 4.79 Å². The maximum absolute atomic E-state index is 12.8. The molecule has 1 aromatic rings. The molecule has 3 fully saturated rings. The first kappa shape index (κ1) is 28.6. The molecule has 0 saturated carbocycles. The van der Waals surface area contributed by atoms with E-state index in [0.29, 0.717) is 30.7 Å². The third-order valence-corrected chi connectivity index (χ3v) is 12.9. The summed E-state index contributed by atoms with van der Waals surface area (Å²) >= 11 is 0. The van der Waals surface area contributed by atoms with Gasteiger partial charge in [-0.25, -0.2) is 0 Å². The third kappa shape index (κ3) is 5.93. The van der Waals surface area contributed by atoms with Crippen LogP contribution >= 0.6 is 17.2 Å². The molecule has 5 nitrogen and oxygen atoms in total. The largest absolute Gasteiger partial charge is 0.314 e. The second kappa shape index (κ2) is 10.6. The Morgan fingerprint density at radius 3 is 1.89 bits per heavy atom. The van der Waals surface area contributed by atoms with Crippen molar-refractivity contribution in [3.8, 4) is 0 Å². The van der Waals surface area contributed by atoms with E-state index in [0.717, 1.165) is 45.7 Å². The van der Waals surface area contributed by atoms with E-state index in [4.69, 9.17) is 0 Å². The van der Waals surface area contributed by atoms with Gasteiger partial charge in [-0.2, -0.15) is 0 Å². The lowest BCUT2D eigenvalue weighted by atomic mass is 9.80. The van der Waals surface area contributed by atoms with Crippen molar-refractivity contribution in [1.29, 1.82) is 0 Å². The molecule has 202 valence electrons. The quantitative estimate of drug-likeness (QED) is 0.438. The first-order chi connectivity index (χ1) is 16.7. The highest BCUT2D eigenvalue weighted by atomic mass is 31.1. The number of ketones is 1. The van der Waals surface area contributed by atoms with Crippen molar-refractivity contribution in [1.82, 2.24) is 21.3 Å². The van der Waals surface area contributed by atoms with Crippen LogP contribution in [-0.2, 0) is 16.4 Å². The van der Waals surface area contributed by atoms with Gasteiger partial charge in [-0.1, -0.05) is 74.6 Å². The Labute approximate surface area is 223 Å². The monoisotopic (exact) mass is 532 g/mol. The van der Waals surface area contributed by atoms with Gasteiger partial charge < -0.3 is 21.3 Å². The van der Waals surface area contributed by atoms with Crippen LogP contribution in [0.5, 0.6) is 0 Å². The zero-order valence-corrected chi connectivity index (χ0v) is 25.7. The van der Waals surface area contributed by atoms with Crippen molar-refractivity contribution in [2.75, 3.05) is 39.3 Å². The van der Waals surface area contributed by atoms with Gasteiger partial charge in [0.15, 0.2) is 0 Å². The number of benzene rings is 1. The Hall–Kier alpha value is -0.410. The molecule has 4 rings (SSSR count). The fourth-order valence-corrected chi connectivity index (χ4v) is 12.3. The van der Waals surface area contributed by atoms with Crippen LogP contribution in [0.2, 0.25) is 0 Å². The molecular weight excluding hydrogens is 482 g/mol. The van der Waals surface area contributed by atoms with Crippen LogP contribution in [0.4, 0.5) is 0 Å². The van der Waals surface area contributed by atoms with E-state index in [2.05, 4.69) is 97.2 Å². The number of piperazine rings is 2. The van der Waals surface area contributed by atoms with Crippen molar-refractivity contribution >= 4 is 28.2 Å². The van der Waals surface area contributed by atoms with Gasteiger partial charge in [-0.05, 0) is 38.6 Å². The minimum absolute atomic E-state index is 0.0312. The molecule has 3 unspecified atom stereocenters. The number of nitrogens with one attached hydrogen (secondary N) is 4. The summed E-state index contributed by atoms with van der Waals surface area (Å²) in [5.41, 5.74) is 3.11. The van der Waals surface area contributed by atoms with E-state index in [1.807, 2.05) is 0 Å². The predicted molar refractivity (Wildman–Crippen MR) is 159 cm³/mol. The molecule has 3 aliphatic heterocycles. The van der Waals surface area contributed by atoms with Crippen LogP contribution in [0.3, 0.4) is 0 Å². The molecule has 3 aliphatic rings. The molecule has 0 radical (unpaired) electrons. The average Bonchev–Trinajstić information content (AvgIpc) is 2.77. The fourth-order valence-electron chi connectivity index (χ4n) is 7.10. The van der Waals surface area contributed by atoms with Gasteiger partial charge in [-0.15, -0.1) is 9.24 Å². The molecular formula is C29H50N4OP2. The van der Waals surface area contributed by atoms with Crippen LogP contribution in [0.1, 0.15) is 72.4 Å². The first-order valence-electron chi connectivity index (χ1n) is 13.9. The molecule has 0 aliphatic carbocycles. The Kier molecular flexibility index (Phi) is 8.44. The fraction of sp³-hybridized carbons (Fsp3) is 0.759. The SMILES string of the molecule is CC(C)(C)Cc1ccc(P2C(C)(C)CC(=O)CC2(C)C)c(C(P)(C2CNCCN2)C2CNCCN2)c1. The summed E-state index contributed by atoms with van der Waals surface area (Å²) in [5.74, 6) is 0.420. The summed E-state index contributed by atoms with van der Waals surface area (Å²) in [4.78, 5) is 12.8. The molecule has 36 heavy (non-hydrogen) atoms. The number of Topliss-reactive ketones (excluding diaryl/α,β-unsaturated/α-hetero) is 1. The van der Waals surface area contributed by atoms with Crippen molar-refractivity contribution in [2.45, 2.75) is 95.3 Å². The standard InChI is InChI=1S/C29H50N4OP2/c1-26(2,3)15-20-8-9-23(36-27(4,5)16-21(34)17-28(36,6)7)22(14-20)29(35,24-18-30-10-12-32-24)25-19-31-11-13-33-25/h8-9,14,24-25,30-33H,10-13,15-19,35H2,1-7H3. The number of hydrogen-bond donors (Lipinski definition) is 4. The van der Waals surface area contributed by atoms with Crippen LogP contribution in [-0.4, -0.2) is 67.4 Å². The normalized spacial score (nSPS) is 29.1. The smallest absolute Gasteiger partial charge is 0.134 e. The Morgan fingerprint density at radius 2 is 1.44 bits per heavy atom. The first-order valence-corrected chi connectivity index (χ1v) is 15.8. The molecule has 4 N–H and O–H groups in total. The maximum Gasteiger partial charge on any atom is 0.134 e. The topological polar surface area (TPSA) is 65.2 Å². The minimum atomic E-state index is -0.583. The highest BCUT2D eigenvalue weighted by Crippen LogP contribution is 2.65. The van der Waals surface area contributed by atoms with Gasteiger partial charge in [0.2, 0.25) is 0 Å². The lowest BCUT2D eigenvalue weighted by Crippen LogP contribution is -2.67. The number of hydrogen-bond acceptors (Lipinski definition) is 5. The molecule has 0 spiro atoms. The van der Waals surface area contributed by atoms with Gasteiger partial charge in [-0.3, -0.25) is 4.79 Å². The van der Waals surface area contributed by atoms with Gasteiger partial charge >= 0.3 is 0 Å². The highest BCUT2D eigenvalue weighted by Gasteiger charge is 2.52. The summed E-state index contributed by atoms with van der Waals surface area (Å²) in [5, 5.41) is 16.4. The third-order valence-electron chi connectivity index (χ3n) is 8.21. The molecule has 0 amide bonds. The summed E-state index contributed by atoms with van der Waals surface area (Å²) in [6.07, 6.45) is 2.42. The van der Waals surface area contributed by atoms with Crippen LogP contribution < -0.4 is 26.6 Å². The van der Waals surface area contributed by atoms with Gasteiger partial charge in [0.05, 0.1) is 0 Å². The van der Waals surface area contributed by atoms with Crippen LogP contribution in [0.25, 0.3) is 0 Å². The summed E-state index contributed by atoms with van der Waals surface area (Å²) in [6, 6.07) is 7.99. The maximum atomic E-state index is 12.8. The average molecular weight is 533 g/mol. The summed E-state index contributed by atoms with van der Waals surface area (Å²) in [7, 11) is 2.80. The second-order valence-electron chi connectivity index (χ2n) is 13.8. The van der Waals surface area contributed by atoms with Gasteiger partial charge in [0.1, 0.15) is 5.78 Å². The van der Waals surface area contributed by atoms with Crippen LogP contribution in [0.15, 0.2) is 18.2 Å². The molecule has 1 aromatic carbocycles. The van der Waals surface area contributed by atoms with E-state index < -0.39 is 7.92 Å². The number of rotatable bonds is 5. The zero-order valence-electron chi connectivity index (χ0n) is 23.7. The van der Waals surface area contributed by atoms with Gasteiger partial charge in [0, 0.05) is 69.3 Å². The number of carbonyl (C=O) groups is 1. The highest BCUT2D eigenvalue weighted by molar-refractivity contribution is 7.69. The molecule has 3 saturated heterocycles. The van der Waals surface area contributed by atoms with E-state index in [1.54, 1.807) is 0 Å². The van der Waals surface area contributed by atoms with E-state index in [-0.39, 0.29) is 20.9 Å². The van der Waals surface area contributed by atoms with E-state index >= 15 is 0 Å². The zero-order chi connectivity index (χ0) is 26.4. The molecule has 7 heteroatoms. The van der Waals surface area contributed by atoms with Crippen molar-refractivity contribution in [3.63, 3.8) is 0 Å². The second-order valence-corrected chi connectivity index (χ2v) is 18.3. The van der Waals surface area contributed by atoms with Crippen molar-refractivity contribution in [3.05, 3.63) is 29.3 Å². The predicted octanol–water partition coefficient (Wildman–Crippen LogP) is 3.50. The lowest BCUT2D eigenvalue weighted by molar-refractivity contribution is -0.120. The van der Waals surface area contributed by atoms with Crippen molar-refractivity contribution in [2.24, 2.45) is 5.41 Å².